The third-order valence-corrected chi connectivity index (χ3v) is 4.53. The fourth-order valence-corrected chi connectivity index (χ4v) is 2.97. The van der Waals surface area contributed by atoms with Gasteiger partial charge in [0.15, 0.2) is 0 Å². The van der Waals surface area contributed by atoms with Crippen molar-refractivity contribution in [3.63, 3.8) is 0 Å². The lowest BCUT2D eigenvalue weighted by Crippen LogP contribution is -2.37. The van der Waals surface area contributed by atoms with Gasteiger partial charge in [0, 0.05) is 12.1 Å². The molecule has 0 unspecified atom stereocenters. The number of carboxylic acids is 1. The van der Waals surface area contributed by atoms with Crippen molar-refractivity contribution in [2.24, 2.45) is 0 Å². The van der Waals surface area contributed by atoms with E-state index >= 15 is 0 Å². The van der Waals surface area contributed by atoms with Crippen LogP contribution in [0.2, 0.25) is 0 Å². The molecule has 1 N–H and O–H groups in total. The highest BCUT2D eigenvalue weighted by Crippen LogP contribution is 2.17. The Balaban J connectivity index is 1.68. The zero-order valence-electron chi connectivity index (χ0n) is 16.3. The van der Waals surface area contributed by atoms with E-state index in [1.807, 2.05) is 30.3 Å². The van der Waals surface area contributed by atoms with Crippen molar-refractivity contribution in [1.82, 2.24) is 4.90 Å². The van der Waals surface area contributed by atoms with E-state index in [4.69, 9.17) is 4.74 Å². The predicted octanol–water partition coefficient (Wildman–Crippen LogP) is 4.17. The minimum Gasteiger partial charge on any atom is -0.489 e. The highest BCUT2D eigenvalue weighted by Gasteiger charge is 2.19. The molecule has 3 aromatic rings. The van der Waals surface area contributed by atoms with E-state index in [0.717, 1.165) is 11.1 Å². The first-order valence-corrected chi connectivity index (χ1v) is 9.53. The van der Waals surface area contributed by atoms with Crippen LogP contribution in [0.1, 0.15) is 21.5 Å². The molecule has 6 heteroatoms. The molecule has 5 nitrogen and oxygen atoms in total. The van der Waals surface area contributed by atoms with Gasteiger partial charge in [-0.05, 0) is 47.9 Å². The Morgan fingerprint density at radius 2 is 1.63 bits per heavy atom. The molecule has 1 amide bonds. The average Bonchev–Trinajstić information content (AvgIpc) is 2.76. The summed E-state index contributed by atoms with van der Waals surface area (Å²) in [5.74, 6) is -1.29. The fourth-order valence-electron chi connectivity index (χ4n) is 2.97. The van der Waals surface area contributed by atoms with Crippen LogP contribution in [0.15, 0.2) is 78.9 Å². The Labute approximate surface area is 174 Å². The summed E-state index contributed by atoms with van der Waals surface area (Å²) in [6.07, 6.45) is 0.556. The minimum atomic E-state index is -1.07. The number of carboxylic acid groups (broad SMARTS) is 1. The Kier molecular flexibility index (Phi) is 7.16. The van der Waals surface area contributed by atoms with Crippen LogP contribution < -0.4 is 4.74 Å². The SMILES string of the molecule is O=C(O)CN(CCc1ccccc1)C(=O)c1cccc(OCc2ccc(F)cc2)c1. The van der Waals surface area contributed by atoms with Crippen LogP contribution in [0.4, 0.5) is 4.39 Å². The van der Waals surface area contributed by atoms with Crippen molar-refractivity contribution in [3.05, 3.63) is 101 Å². The second-order valence-corrected chi connectivity index (χ2v) is 6.80. The first kappa shape index (κ1) is 21.0. The normalized spacial score (nSPS) is 10.4. The van der Waals surface area contributed by atoms with Gasteiger partial charge in [-0.3, -0.25) is 9.59 Å². The first-order chi connectivity index (χ1) is 14.5. The van der Waals surface area contributed by atoms with Gasteiger partial charge in [-0.1, -0.05) is 48.5 Å². The minimum absolute atomic E-state index is 0.227. The highest BCUT2D eigenvalue weighted by atomic mass is 19.1. The predicted molar refractivity (Wildman–Crippen MR) is 111 cm³/mol. The van der Waals surface area contributed by atoms with Crippen molar-refractivity contribution in [3.8, 4) is 5.75 Å². The second kappa shape index (κ2) is 10.2. The topological polar surface area (TPSA) is 66.8 Å². The maximum atomic E-state index is 13.0. The molecule has 154 valence electrons. The summed E-state index contributed by atoms with van der Waals surface area (Å²) in [5.41, 5.74) is 2.17. The summed E-state index contributed by atoms with van der Waals surface area (Å²) in [7, 11) is 0. The summed E-state index contributed by atoms with van der Waals surface area (Å²) in [5, 5.41) is 9.22. The quantitative estimate of drug-likeness (QED) is 0.578. The molecule has 0 aliphatic rings. The van der Waals surface area contributed by atoms with E-state index < -0.39 is 5.97 Å². The Hall–Kier alpha value is -3.67. The molecular formula is C24H22FNO4. The van der Waals surface area contributed by atoms with Crippen LogP contribution in [-0.4, -0.2) is 35.0 Å². The molecule has 30 heavy (non-hydrogen) atoms. The number of amides is 1. The molecule has 3 rings (SSSR count). The van der Waals surface area contributed by atoms with Gasteiger partial charge in [0.25, 0.3) is 5.91 Å². The van der Waals surface area contributed by atoms with Crippen LogP contribution in [0.25, 0.3) is 0 Å². The molecule has 0 radical (unpaired) electrons. The molecule has 0 aromatic heterocycles. The Morgan fingerprint density at radius 3 is 2.33 bits per heavy atom. The van der Waals surface area contributed by atoms with Crippen LogP contribution in [0.5, 0.6) is 5.75 Å². The van der Waals surface area contributed by atoms with Gasteiger partial charge < -0.3 is 14.7 Å². The number of carbonyl (C=O) groups excluding carboxylic acids is 1. The lowest BCUT2D eigenvalue weighted by atomic mass is 10.1. The van der Waals surface area contributed by atoms with Crippen LogP contribution in [0.3, 0.4) is 0 Å². The van der Waals surface area contributed by atoms with E-state index in [1.165, 1.54) is 17.0 Å². The van der Waals surface area contributed by atoms with E-state index in [-0.39, 0.29) is 31.4 Å². The molecule has 0 saturated heterocycles. The van der Waals surface area contributed by atoms with Gasteiger partial charge in [-0.15, -0.1) is 0 Å². The number of hydrogen-bond donors (Lipinski definition) is 1. The van der Waals surface area contributed by atoms with Crippen molar-refractivity contribution < 1.29 is 23.8 Å². The summed E-state index contributed by atoms with van der Waals surface area (Å²) in [4.78, 5) is 25.5. The summed E-state index contributed by atoms with van der Waals surface area (Å²) in [6.45, 7) is 0.132. The van der Waals surface area contributed by atoms with Crippen molar-refractivity contribution in [2.45, 2.75) is 13.0 Å². The monoisotopic (exact) mass is 407 g/mol. The average molecular weight is 407 g/mol. The lowest BCUT2D eigenvalue weighted by molar-refractivity contribution is -0.137. The summed E-state index contributed by atoms with van der Waals surface area (Å²) < 4.78 is 18.7. The number of hydrogen-bond acceptors (Lipinski definition) is 3. The number of halogens is 1. The zero-order valence-corrected chi connectivity index (χ0v) is 16.3. The highest BCUT2D eigenvalue weighted by molar-refractivity contribution is 5.96. The molecule has 0 atom stereocenters. The lowest BCUT2D eigenvalue weighted by Gasteiger charge is -2.21. The smallest absolute Gasteiger partial charge is 0.323 e. The maximum Gasteiger partial charge on any atom is 0.323 e. The Bertz CT molecular complexity index is 990. The molecule has 0 aliphatic heterocycles. The standard InChI is InChI=1S/C24H22FNO4/c25-21-11-9-19(10-12-21)17-30-22-8-4-7-20(15-22)24(29)26(16-23(27)28)14-13-18-5-2-1-3-6-18/h1-12,15H,13-14,16-17H2,(H,27,28). The molecule has 0 spiro atoms. The van der Waals surface area contributed by atoms with Gasteiger partial charge in [-0.25, -0.2) is 4.39 Å². The van der Waals surface area contributed by atoms with Gasteiger partial charge in [0.1, 0.15) is 24.7 Å². The van der Waals surface area contributed by atoms with E-state index in [9.17, 15) is 19.1 Å². The van der Waals surface area contributed by atoms with Crippen molar-refractivity contribution >= 4 is 11.9 Å². The number of nitrogens with zero attached hydrogens (tertiary/aromatic N) is 1. The van der Waals surface area contributed by atoms with E-state index in [2.05, 4.69) is 0 Å². The number of ether oxygens (including phenoxy) is 1. The van der Waals surface area contributed by atoms with Crippen LogP contribution in [0, 0.1) is 5.82 Å². The molecule has 3 aromatic carbocycles. The van der Waals surface area contributed by atoms with E-state index in [1.54, 1.807) is 36.4 Å². The molecule has 0 aliphatic carbocycles. The first-order valence-electron chi connectivity index (χ1n) is 9.53. The van der Waals surface area contributed by atoms with Crippen LogP contribution >= 0.6 is 0 Å². The maximum absolute atomic E-state index is 13.0. The number of rotatable bonds is 9. The molecule has 0 fully saturated rings. The van der Waals surface area contributed by atoms with Crippen LogP contribution in [-0.2, 0) is 17.8 Å². The van der Waals surface area contributed by atoms with Gasteiger partial charge in [0.2, 0.25) is 0 Å². The number of carbonyl (C=O) groups is 2. The largest absolute Gasteiger partial charge is 0.489 e. The fraction of sp³-hybridized carbons (Fsp3) is 0.167. The Morgan fingerprint density at radius 1 is 0.900 bits per heavy atom. The van der Waals surface area contributed by atoms with E-state index in [0.29, 0.717) is 17.7 Å². The third-order valence-electron chi connectivity index (χ3n) is 4.53. The molecule has 0 heterocycles. The van der Waals surface area contributed by atoms with Crippen molar-refractivity contribution in [1.29, 1.82) is 0 Å². The summed E-state index contributed by atoms with van der Waals surface area (Å²) >= 11 is 0. The molecule has 0 bridgehead atoms. The van der Waals surface area contributed by atoms with Gasteiger partial charge >= 0.3 is 5.97 Å². The summed E-state index contributed by atoms with van der Waals surface area (Å²) in [6, 6.07) is 22.2. The van der Waals surface area contributed by atoms with Gasteiger partial charge in [0.05, 0.1) is 0 Å². The molecule has 0 saturated carbocycles. The second-order valence-electron chi connectivity index (χ2n) is 6.80. The molecular weight excluding hydrogens is 385 g/mol. The number of aliphatic carboxylic acids is 1. The third kappa shape index (κ3) is 6.17. The van der Waals surface area contributed by atoms with Crippen molar-refractivity contribution in [2.75, 3.05) is 13.1 Å². The number of benzene rings is 3. The zero-order chi connectivity index (χ0) is 21.3. The van der Waals surface area contributed by atoms with Gasteiger partial charge in [-0.2, -0.15) is 0 Å².